The number of thioether (sulfide) groups is 6. The Morgan fingerprint density at radius 1 is 0.821 bits per heavy atom. The molecule has 0 radical (unpaired) electrons. The van der Waals surface area contributed by atoms with E-state index in [0.717, 1.165) is 23.0 Å². The van der Waals surface area contributed by atoms with Crippen LogP contribution in [0.2, 0.25) is 0 Å². The molecule has 2 nitrogen and oxygen atoms in total. The van der Waals surface area contributed by atoms with Crippen LogP contribution in [0, 0.1) is 0 Å². The van der Waals surface area contributed by atoms with Crippen LogP contribution in [0.15, 0.2) is 24.3 Å². The molecule has 0 saturated carbocycles. The van der Waals surface area contributed by atoms with Crippen LogP contribution in [-0.4, -0.2) is 66.1 Å². The van der Waals surface area contributed by atoms with Gasteiger partial charge in [-0.2, -0.15) is 23.5 Å². The van der Waals surface area contributed by atoms with E-state index in [1.807, 2.05) is 70.6 Å². The van der Waals surface area contributed by atoms with Crippen molar-refractivity contribution in [3.63, 3.8) is 0 Å². The van der Waals surface area contributed by atoms with Crippen LogP contribution in [-0.2, 0) is 0 Å². The van der Waals surface area contributed by atoms with Gasteiger partial charge < -0.3 is 10.2 Å². The van der Waals surface area contributed by atoms with Crippen molar-refractivity contribution in [2.24, 2.45) is 0 Å². The molecule has 2 aliphatic heterocycles. The number of benzene rings is 1. The first-order valence-corrected chi connectivity index (χ1v) is 15.9. The molecule has 2 N–H and O–H groups in total. The van der Waals surface area contributed by atoms with Crippen molar-refractivity contribution < 1.29 is 10.2 Å². The normalized spacial score (nSPS) is 29.9. The molecule has 0 amide bonds. The second kappa shape index (κ2) is 12.3. The van der Waals surface area contributed by atoms with E-state index in [2.05, 4.69) is 38.1 Å². The predicted octanol–water partition coefficient (Wildman–Crippen LogP) is 5.61. The zero-order chi connectivity index (χ0) is 19.9. The summed E-state index contributed by atoms with van der Waals surface area (Å²) >= 11 is 12.0. The van der Waals surface area contributed by atoms with Crippen molar-refractivity contribution in [3.05, 3.63) is 35.4 Å². The predicted molar refractivity (Wildman–Crippen MR) is 138 cm³/mol. The van der Waals surface area contributed by atoms with Gasteiger partial charge in [0.15, 0.2) is 0 Å². The lowest BCUT2D eigenvalue weighted by atomic mass is 10.1. The molecule has 3 rings (SSSR count). The first-order valence-electron chi connectivity index (χ1n) is 9.79. The maximum absolute atomic E-state index is 9.49. The first kappa shape index (κ1) is 23.9. The number of rotatable bonds is 10. The summed E-state index contributed by atoms with van der Waals surface area (Å²) in [6.07, 6.45) is 0. The minimum Gasteiger partial charge on any atom is -0.395 e. The van der Waals surface area contributed by atoms with E-state index in [0.29, 0.717) is 30.2 Å². The number of hydrogen-bond donors (Lipinski definition) is 2. The molecular formula is C20H30O2S6. The average Bonchev–Trinajstić information content (AvgIpc) is 3.40. The van der Waals surface area contributed by atoms with E-state index in [1.165, 1.54) is 11.1 Å². The standard InChI is InChI=1S/C20H30O2S6/c1-3-23-17(19-25-11-15(9-21)27-19)13-5-7-14(8-6-13)18(24-4-2)20-26-12-16(10-22)28-20/h5-8,15-22H,3-4,9-12H2,1-2H3. The van der Waals surface area contributed by atoms with Gasteiger partial charge in [0.25, 0.3) is 0 Å². The summed E-state index contributed by atoms with van der Waals surface area (Å²) in [5.41, 5.74) is 2.83. The Bertz CT molecular complexity index is 536. The zero-order valence-corrected chi connectivity index (χ0v) is 21.3. The highest BCUT2D eigenvalue weighted by molar-refractivity contribution is 8.22. The van der Waals surface area contributed by atoms with Crippen molar-refractivity contribution in [3.8, 4) is 0 Å². The Morgan fingerprint density at radius 2 is 1.21 bits per heavy atom. The fraction of sp³-hybridized carbons (Fsp3) is 0.700. The Hall–Kier alpha value is 1.24. The van der Waals surface area contributed by atoms with Crippen molar-refractivity contribution in [1.82, 2.24) is 0 Å². The van der Waals surface area contributed by atoms with Gasteiger partial charge in [-0.25, -0.2) is 0 Å². The second-order valence-corrected chi connectivity index (χ2v) is 15.4. The Balaban J connectivity index is 1.72. The molecule has 6 atom stereocenters. The third kappa shape index (κ3) is 6.15. The summed E-state index contributed by atoms with van der Waals surface area (Å²) in [5, 5.41) is 20.7. The third-order valence-corrected chi connectivity index (χ3v) is 14.7. The molecule has 2 saturated heterocycles. The van der Waals surface area contributed by atoms with Crippen molar-refractivity contribution in [2.45, 2.75) is 44.0 Å². The topological polar surface area (TPSA) is 40.5 Å². The molecule has 0 aliphatic carbocycles. The van der Waals surface area contributed by atoms with Crippen LogP contribution in [0.4, 0.5) is 0 Å². The maximum atomic E-state index is 9.49. The van der Waals surface area contributed by atoms with Gasteiger partial charge in [-0.05, 0) is 22.6 Å². The van der Waals surface area contributed by atoms with Gasteiger partial charge in [0.2, 0.25) is 0 Å². The fourth-order valence-corrected chi connectivity index (χ4v) is 13.2. The largest absolute Gasteiger partial charge is 0.395 e. The van der Waals surface area contributed by atoms with E-state index in [9.17, 15) is 10.2 Å². The molecule has 6 unspecified atom stereocenters. The molecule has 158 valence electrons. The third-order valence-electron chi connectivity index (χ3n) is 4.73. The van der Waals surface area contributed by atoms with Gasteiger partial charge in [0.05, 0.1) is 32.9 Å². The van der Waals surface area contributed by atoms with Crippen molar-refractivity contribution >= 4 is 70.6 Å². The van der Waals surface area contributed by atoms with Gasteiger partial charge in [-0.15, -0.1) is 47.0 Å². The Labute approximate surface area is 195 Å². The molecule has 8 heteroatoms. The van der Waals surface area contributed by atoms with Crippen LogP contribution in [0.5, 0.6) is 0 Å². The van der Waals surface area contributed by atoms with E-state index >= 15 is 0 Å². The molecule has 1 aromatic rings. The number of aliphatic hydroxyl groups excluding tert-OH is 2. The number of hydrogen-bond acceptors (Lipinski definition) is 8. The minimum atomic E-state index is 0.290. The molecule has 2 fully saturated rings. The fourth-order valence-electron chi connectivity index (χ4n) is 3.35. The highest BCUT2D eigenvalue weighted by Gasteiger charge is 2.35. The highest BCUT2D eigenvalue weighted by atomic mass is 32.2. The molecule has 0 spiro atoms. The smallest absolute Gasteiger partial charge is 0.0666 e. The Kier molecular flexibility index (Phi) is 10.5. The summed E-state index contributed by atoms with van der Waals surface area (Å²) in [6.45, 7) is 5.05. The van der Waals surface area contributed by atoms with E-state index in [1.54, 1.807) is 0 Å². The number of aliphatic hydroxyl groups is 2. The Morgan fingerprint density at radius 3 is 1.50 bits per heavy atom. The second-order valence-electron chi connectivity index (χ2n) is 6.70. The molecular weight excluding hydrogens is 465 g/mol. The van der Waals surface area contributed by atoms with Crippen LogP contribution in [0.3, 0.4) is 0 Å². The lowest BCUT2D eigenvalue weighted by molar-refractivity contribution is 0.301. The minimum absolute atomic E-state index is 0.290. The van der Waals surface area contributed by atoms with Crippen LogP contribution in [0.1, 0.15) is 35.5 Å². The molecule has 2 heterocycles. The molecule has 1 aromatic carbocycles. The molecule has 2 aliphatic rings. The van der Waals surface area contributed by atoms with Crippen LogP contribution in [0.25, 0.3) is 0 Å². The maximum Gasteiger partial charge on any atom is 0.0666 e. The van der Waals surface area contributed by atoms with Crippen molar-refractivity contribution in [1.29, 1.82) is 0 Å². The summed E-state index contributed by atoms with van der Waals surface area (Å²) in [5.74, 6) is 4.34. The van der Waals surface area contributed by atoms with Crippen molar-refractivity contribution in [2.75, 3.05) is 36.2 Å². The van der Waals surface area contributed by atoms with E-state index < -0.39 is 0 Å². The summed E-state index contributed by atoms with van der Waals surface area (Å²) in [7, 11) is 0. The SMILES string of the molecule is CCSC(c1ccc(C(SCC)C2SCC(CO)S2)cc1)C1SCC(CO)S1. The molecule has 28 heavy (non-hydrogen) atoms. The van der Waals surface area contributed by atoms with Gasteiger partial charge in [0.1, 0.15) is 0 Å². The molecule has 0 bridgehead atoms. The van der Waals surface area contributed by atoms with E-state index in [4.69, 9.17) is 0 Å². The quantitative estimate of drug-likeness (QED) is 0.435. The highest BCUT2D eigenvalue weighted by Crippen LogP contribution is 2.52. The lowest BCUT2D eigenvalue weighted by Crippen LogP contribution is -2.11. The van der Waals surface area contributed by atoms with Gasteiger partial charge in [-0.1, -0.05) is 38.1 Å². The summed E-state index contributed by atoms with van der Waals surface area (Å²) < 4.78 is 1.06. The van der Waals surface area contributed by atoms with Gasteiger partial charge in [-0.3, -0.25) is 0 Å². The van der Waals surface area contributed by atoms with Crippen LogP contribution >= 0.6 is 70.6 Å². The lowest BCUT2D eigenvalue weighted by Gasteiger charge is -2.25. The zero-order valence-electron chi connectivity index (χ0n) is 16.4. The molecule has 0 aromatic heterocycles. The van der Waals surface area contributed by atoms with Gasteiger partial charge >= 0.3 is 0 Å². The van der Waals surface area contributed by atoms with Crippen LogP contribution < -0.4 is 0 Å². The van der Waals surface area contributed by atoms with E-state index in [-0.39, 0.29) is 13.2 Å². The summed E-state index contributed by atoms with van der Waals surface area (Å²) in [4.78, 5) is 0. The summed E-state index contributed by atoms with van der Waals surface area (Å²) in [6, 6.07) is 9.36. The van der Waals surface area contributed by atoms with Gasteiger partial charge in [0, 0.05) is 22.0 Å². The monoisotopic (exact) mass is 494 g/mol. The first-order chi connectivity index (χ1) is 13.7. The average molecular weight is 495 g/mol.